The summed E-state index contributed by atoms with van der Waals surface area (Å²) >= 11 is 1.46. The maximum Gasteiger partial charge on any atom is 0.315 e. The molecule has 0 atom stereocenters. The molecule has 0 saturated carbocycles. The first-order valence-corrected chi connectivity index (χ1v) is 7.84. The lowest BCUT2D eigenvalue weighted by atomic mass is 10.2. The fourth-order valence-electron chi connectivity index (χ4n) is 1.54. The number of ether oxygens (including phenoxy) is 1. The van der Waals surface area contributed by atoms with Crippen LogP contribution in [0.4, 0.5) is 5.69 Å². The smallest absolute Gasteiger partial charge is 0.315 e. The highest BCUT2D eigenvalue weighted by molar-refractivity contribution is 7.99. The number of benzene rings is 1. The Kier molecular flexibility index (Phi) is 7.99. The molecule has 5 nitrogen and oxygen atoms in total. The van der Waals surface area contributed by atoms with E-state index in [-0.39, 0.29) is 11.9 Å². The van der Waals surface area contributed by atoms with Crippen LogP contribution in [0.1, 0.15) is 25.3 Å². The van der Waals surface area contributed by atoms with E-state index in [0.717, 1.165) is 5.75 Å². The van der Waals surface area contributed by atoms with Crippen molar-refractivity contribution in [2.24, 2.45) is 0 Å². The lowest BCUT2D eigenvalue weighted by Crippen LogP contribution is -2.12. The number of nitriles is 1. The molecule has 21 heavy (non-hydrogen) atoms. The summed E-state index contributed by atoms with van der Waals surface area (Å²) in [6, 6.07) is 8.74. The summed E-state index contributed by atoms with van der Waals surface area (Å²) in [5.41, 5.74) is 1.24. The third kappa shape index (κ3) is 7.37. The molecule has 0 aromatic heterocycles. The minimum Gasteiger partial charge on any atom is -0.465 e. The number of esters is 1. The molecular weight excluding hydrogens is 288 g/mol. The van der Waals surface area contributed by atoms with Crippen molar-refractivity contribution < 1.29 is 14.3 Å². The number of nitrogens with zero attached hydrogens (tertiary/aromatic N) is 1. The Morgan fingerprint density at radius 3 is 2.67 bits per heavy atom. The van der Waals surface area contributed by atoms with Gasteiger partial charge in [-0.1, -0.05) is 0 Å². The van der Waals surface area contributed by atoms with Gasteiger partial charge in [-0.15, -0.1) is 0 Å². The predicted molar refractivity (Wildman–Crippen MR) is 83.0 cm³/mol. The van der Waals surface area contributed by atoms with Gasteiger partial charge < -0.3 is 10.1 Å². The first kappa shape index (κ1) is 17.1. The van der Waals surface area contributed by atoms with Crippen LogP contribution in [-0.4, -0.2) is 30.0 Å². The molecule has 1 amide bonds. The molecule has 0 fully saturated rings. The van der Waals surface area contributed by atoms with Crippen molar-refractivity contribution in [1.29, 1.82) is 5.26 Å². The Morgan fingerprint density at radius 2 is 2.05 bits per heavy atom. The van der Waals surface area contributed by atoms with Crippen molar-refractivity contribution >= 4 is 29.3 Å². The maximum atomic E-state index is 11.7. The van der Waals surface area contributed by atoms with Gasteiger partial charge in [0.15, 0.2) is 0 Å². The van der Waals surface area contributed by atoms with E-state index in [9.17, 15) is 9.59 Å². The Hall–Kier alpha value is -2.00. The van der Waals surface area contributed by atoms with Crippen LogP contribution >= 0.6 is 11.8 Å². The Morgan fingerprint density at radius 1 is 1.33 bits per heavy atom. The lowest BCUT2D eigenvalue weighted by molar-refractivity contribution is -0.139. The predicted octanol–water partition coefficient (Wildman–Crippen LogP) is 2.57. The number of hydrogen-bond acceptors (Lipinski definition) is 5. The summed E-state index contributed by atoms with van der Waals surface area (Å²) in [6.45, 7) is 2.17. The standard InChI is InChI=1S/C15H18N2O3S/c1-2-20-15(19)11-21-9-3-4-14(18)17-13-7-5-12(10-16)6-8-13/h5-8H,2-4,9,11H2,1H3,(H,17,18). The number of carbonyl (C=O) groups excluding carboxylic acids is 2. The maximum absolute atomic E-state index is 11.7. The quantitative estimate of drug-likeness (QED) is 0.590. The summed E-state index contributed by atoms with van der Waals surface area (Å²) in [6.07, 6.45) is 1.10. The number of hydrogen-bond donors (Lipinski definition) is 1. The van der Waals surface area contributed by atoms with Gasteiger partial charge in [0.05, 0.1) is 24.0 Å². The molecule has 1 aromatic carbocycles. The third-order valence-corrected chi connectivity index (χ3v) is 3.53. The van der Waals surface area contributed by atoms with E-state index in [4.69, 9.17) is 10.00 Å². The van der Waals surface area contributed by atoms with Gasteiger partial charge in [0.2, 0.25) is 5.91 Å². The summed E-state index contributed by atoms with van der Waals surface area (Å²) in [7, 11) is 0. The van der Waals surface area contributed by atoms with Crippen molar-refractivity contribution in [3.05, 3.63) is 29.8 Å². The van der Waals surface area contributed by atoms with Crippen LogP contribution < -0.4 is 5.32 Å². The van der Waals surface area contributed by atoms with E-state index < -0.39 is 0 Å². The third-order valence-electron chi connectivity index (χ3n) is 2.52. The topological polar surface area (TPSA) is 79.2 Å². The van der Waals surface area contributed by atoms with Crippen molar-refractivity contribution in [3.63, 3.8) is 0 Å². The second-order valence-electron chi connectivity index (χ2n) is 4.20. The molecule has 0 radical (unpaired) electrons. The zero-order valence-corrected chi connectivity index (χ0v) is 12.7. The first-order chi connectivity index (χ1) is 10.2. The second kappa shape index (κ2) is 9.83. The van der Waals surface area contributed by atoms with Crippen LogP contribution in [0.25, 0.3) is 0 Å². The zero-order valence-electron chi connectivity index (χ0n) is 11.9. The molecule has 0 heterocycles. The lowest BCUT2D eigenvalue weighted by Gasteiger charge is -2.05. The van der Waals surface area contributed by atoms with Crippen LogP contribution in [-0.2, 0) is 14.3 Å². The monoisotopic (exact) mass is 306 g/mol. The molecule has 0 spiro atoms. The number of thioether (sulfide) groups is 1. The summed E-state index contributed by atoms with van der Waals surface area (Å²) in [5.74, 6) is 0.769. The van der Waals surface area contributed by atoms with Gasteiger partial charge in [-0.25, -0.2) is 0 Å². The van der Waals surface area contributed by atoms with Gasteiger partial charge in [0.25, 0.3) is 0 Å². The highest BCUT2D eigenvalue weighted by atomic mass is 32.2. The molecule has 0 bridgehead atoms. The zero-order chi connectivity index (χ0) is 15.5. The van der Waals surface area contributed by atoms with E-state index in [2.05, 4.69) is 5.32 Å². The summed E-state index contributed by atoms with van der Waals surface area (Å²) in [5, 5.41) is 11.4. The van der Waals surface area contributed by atoms with E-state index in [1.165, 1.54) is 11.8 Å². The molecule has 0 aliphatic rings. The van der Waals surface area contributed by atoms with Crippen LogP contribution in [0.3, 0.4) is 0 Å². The molecule has 0 unspecified atom stereocenters. The SMILES string of the molecule is CCOC(=O)CSCCCC(=O)Nc1ccc(C#N)cc1. The van der Waals surface area contributed by atoms with E-state index >= 15 is 0 Å². The molecule has 0 aliphatic carbocycles. The van der Waals surface area contributed by atoms with Gasteiger partial charge in [0, 0.05) is 12.1 Å². The van der Waals surface area contributed by atoms with Gasteiger partial charge in [-0.3, -0.25) is 9.59 Å². The summed E-state index contributed by atoms with van der Waals surface area (Å²) < 4.78 is 4.81. The molecule has 112 valence electrons. The molecular formula is C15H18N2O3S. The number of nitrogens with one attached hydrogen (secondary N) is 1. The van der Waals surface area contributed by atoms with Crippen LogP contribution in [0.15, 0.2) is 24.3 Å². The second-order valence-corrected chi connectivity index (χ2v) is 5.30. The first-order valence-electron chi connectivity index (χ1n) is 6.69. The molecule has 6 heteroatoms. The van der Waals surface area contributed by atoms with Crippen LogP contribution in [0, 0.1) is 11.3 Å². The summed E-state index contributed by atoms with van der Waals surface area (Å²) in [4.78, 5) is 22.8. The fraction of sp³-hybridized carbons (Fsp3) is 0.400. The van der Waals surface area contributed by atoms with Crippen molar-refractivity contribution in [3.8, 4) is 6.07 Å². The van der Waals surface area contributed by atoms with Gasteiger partial charge in [-0.2, -0.15) is 17.0 Å². The number of carbonyl (C=O) groups is 2. The normalized spacial score (nSPS) is 9.71. The van der Waals surface area contributed by atoms with Gasteiger partial charge in [-0.05, 0) is 43.4 Å². The molecule has 1 aromatic rings. The molecule has 1 rings (SSSR count). The van der Waals surface area contributed by atoms with Gasteiger partial charge >= 0.3 is 5.97 Å². The van der Waals surface area contributed by atoms with Crippen LogP contribution in [0.5, 0.6) is 0 Å². The minimum absolute atomic E-state index is 0.0727. The van der Waals surface area contributed by atoms with E-state index in [0.29, 0.717) is 36.5 Å². The average Bonchev–Trinajstić information content (AvgIpc) is 2.48. The van der Waals surface area contributed by atoms with Crippen LogP contribution in [0.2, 0.25) is 0 Å². The molecule has 1 N–H and O–H groups in total. The van der Waals surface area contributed by atoms with Crippen molar-refractivity contribution in [1.82, 2.24) is 0 Å². The highest BCUT2D eigenvalue weighted by Crippen LogP contribution is 2.10. The largest absolute Gasteiger partial charge is 0.465 e. The average molecular weight is 306 g/mol. The Bertz CT molecular complexity index is 509. The Balaban J connectivity index is 2.16. The molecule has 0 aliphatic heterocycles. The van der Waals surface area contributed by atoms with E-state index in [1.807, 2.05) is 6.07 Å². The number of anilines is 1. The molecule has 0 saturated heterocycles. The van der Waals surface area contributed by atoms with Crippen molar-refractivity contribution in [2.45, 2.75) is 19.8 Å². The number of rotatable bonds is 8. The van der Waals surface area contributed by atoms with E-state index in [1.54, 1.807) is 31.2 Å². The highest BCUT2D eigenvalue weighted by Gasteiger charge is 2.04. The Labute approximate surface area is 128 Å². The van der Waals surface area contributed by atoms with Crippen molar-refractivity contribution in [2.75, 3.05) is 23.4 Å². The minimum atomic E-state index is -0.218. The van der Waals surface area contributed by atoms with Gasteiger partial charge in [0.1, 0.15) is 0 Å². The number of amides is 1. The fourth-order valence-corrected chi connectivity index (χ4v) is 2.29.